The lowest BCUT2D eigenvalue weighted by molar-refractivity contribution is 0.412. The molecule has 0 bridgehead atoms. The van der Waals surface area contributed by atoms with Gasteiger partial charge in [-0.25, -0.2) is 0 Å². The molecule has 3 nitrogen and oxygen atoms in total. The van der Waals surface area contributed by atoms with E-state index >= 15 is 0 Å². The first kappa shape index (κ1) is 12.8. The van der Waals surface area contributed by atoms with Gasteiger partial charge in [0.25, 0.3) is 0 Å². The van der Waals surface area contributed by atoms with Crippen molar-refractivity contribution in [3.63, 3.8) is 0 Å². The highest BCUT2D eigenvalue weighted by Crippen LogP contribution is 2.35. The van der Waals surface area contributed by atoms with Crippen molar-refractivity contribution in [2.24, 2.45) is 0 Å². The number of benzene rings is 2. The van der Waals surface area contributed by atoms with E-state index in [0.717, 1.165) is 15.8 Å². The van der Waals surface area contributed by atoms with E-state index in [1.165, 1.54) is 0 Å². The molecule has 2 N–H and O–H groups in total. The zero-order chi connectivity index (χ0) is 13.1. The molecule has 0 aliphatic heterocycles. The Morgan fingerprint density at radius 2 is 1.83 bits per heavy atom. The van der Waals surface area contributed by atoms with Gasteiger partial charge >= 0.3 is 0 Å². The summed E-state index contributed by atoms with van der Waals surface area (Å²) in [5.41, 5.74) is 7.56. The van der Waals surface area contributed by atoms with Crippen molar-refractivity contribution in [1.29, 1.82) is 0 Å². The minimum absolute atomic E-state index is 0.501. The smallest absolute Gasteiger partial charge is 0.154 e. The van der Waals surface area contributed by atoms with Gasteiger partial charge in [0.15, 0.2) is 5.75 Å². The summed E-state index contributed by atoms with van der Waals surface area (Å²) in [7, 11) is 1.58. The van der Waals surface area contributed by atoms with Crippen LogP contribution in [0.1, 0.15) is 5.56 Å². The third kappa shape index (κ3) is 2.59. The predicted molar refractivity (Wildman–Crippen MR) is 76.4 cm³/mol. The summed E-state index contributed by atoms with van der Waals surface area (Å²) in [6.07, 6.45) is 0. The molecule has 0 spiro atoms. The van der Waals surface area contributed by atoms with Crippen molar-refractivity contribution in [1.82, 2.24) is 0 Å². The number of aryl methyl sites for hydroxylation is 1. The molecule has 0 saturated heterocycles. The van der Waals surface area contributed by atoms with E-state index < -0.39 is 0 Å². The summed E-state index contributed by atoms with van der Waals surface area (Å²) in [6, 6.07) is 11.2. The number of nitrogens with two attached hydrogens (primary N) is 1. The second kappa shape index (κ2) is 5.31. The first-order chi connectivity index (χ1) is 8.61. The molecule has 2 rings (SSSR count). The van der Waals surface area contributed by atoms with Gasteiger partial charge in [-0.3, -0.25) is 0 Å². The monoisotopic (exact) mass is 307 g/mol. The second-order valence-electron chi connectivity index (χ2n) is 3.89. The minimum Gasteiger partial charge on any atom is -0.494 e. The fourth-order valence-corrected chi connectivity index (χ4v) is 1.85. The van der Waals surface area contributed by atoms with Crippen LogP contribution in [-0.2, 0) is 0 Å². The van der Waals surface area contributed by atoms with E-state index in [1.807, 2.05) is 37.3 Å². The number of methoxy groups -OCH3 is 1. The van der Waals surface area contributed by atoms with Crippen molar-refractivity contribution < 1.29 is 9.47 Å². The summed E-state index contributed by atoms with van der Waals surface area (Å²) in [4.78, 5) is 0. The number of para-hydroxylation sites is 1. The zero-order valence-corrected chi connectivity index (χ0v) is 11.8. The van der Waals surface area contributed by atoms with E-state index in [9.17, 15) is 0 Å². The molecule has 0 aliphatic carbocycles. The maximum absolute atomic E-state index is 5.95. The molecule has 18 heavy (non-hydrogen) atoms. The lowest BCUT2D eigenvalue weighted by Crippen LogP contribution is -1.96. The molecular weight excluding hydrogens is 294 g/mol. The topological polar surface area (TPSA) is 44.5 Å². The van der Waals surface area contributed by atoms with Crippen molar-refractivity contribution >= 4 is 21.6 Å². The van der Waals surface area contributed by atoms with E-state index in [4.69, 9.17) is 15.2 Å². The molecule has 2 aromatic rings. The zero-order valence-electron chi connectivity index (χ0n) is 10.2. The van der Waals surface area contributed by atoms with Crippen LogP contribution in [-0.4, -0.2) is 7.11 Å². The SMILES string of the molecule is COc1cccc(Oc2ccc(Br)c(C)c2)c1N. The molecule has 94 valence electrons. The minimum atomic E-state index is 0.501. The van der Waals surface area contributed by atoms with E-state index in [2.05, 4.69) is 15.9 Å². The van der Waals surface area contributed by atoms with Crippen LogP contribution in [0.2, 0.25) is 0 Å². The largest absolute Gasteiger partial charge is 0.494 e. The maximum Gasteiger partial charge on any atom is 0.154 e. The molecule has 2 aromatic carbocycles. The average Bonchev–Trinajstić information content (AvgIpc) is 2.36. The highest BCUT2D eigenvalue weighted by molar-refractivity contribution is 9.10. The van der Waals surface area contributed by atoms with E-state index in [-0.39, 0.29) is 0 Å². The fraction of sp³-hybridized carbons (Fsp3) is 0.143. The molecule has 0 saturated carbocycles. The predicted octanol–water partition coefficient (Wildman–Crippen LogP) is 4.14. The van der Waals surface area contributed by atoms with Crippen LogP contribution >= 0.6 is 15.9 Å². The summed E-state index contributed by atoms with van der Waals surface area (Å²) in [5, 5.41) is 0. The first-order valence-corrected chi connectivity index (χ1v) is 6.27. The van der Waals surface area contributed by atoms with Crippen molar-refractivity contribution in [3.05, 3.63) is 46.4 Å². The second-order valence-corrected chi connectivity index (χ2v) is 4.74. The Hall–Kier alpha value is -1.68. The number of nitrogen functional groups attached to an aromatic ring is 1. The summed E-state index contributed by atoms with van der Waals surface area (Å²) >= 11 is 3.45. The molecule has 0 aliphatic rings. The molecule has 0 fully saturated rings. The van der Waals surface area contributed by atoms with Crippen LogP contribution < -0.4 is 15.2 Å². The highest BCUT2D eigenvalue weighted by Gasteiger charge is 2.07. The lowest BCUT2D eigenvalue weighted by atomic mass is 10.2. The van der Waals surface area contributed by atoms with Crippen LogP contribution in [0.5, 0.6) is 17.2 Å². The standard InChI is InChI=1S/C14H14BrNO2/c1-9-8-10(6-7-11(9)15)18-13-5-3-4-12(17-2)14(13)16/h3-8H,16H2,1-2H3. The Labute approximate surface area is 115 Å². The molecule has 0 radical (unpaired) electrons. The molecule has 0 amide bonds. The average molecular weight is 308 g/mol. The maximum atomic E-state index is 5.95. The Kier molecular flexibility index (Phi) is 3.77. The molecular formula is C14H14BrNO2. The Morgan fingerprint density at radius 1 is 1.11 bits per heavy atom. The van der Waals surface area contributed by atoms with Gasteiger partial charge in [0.1, 0.15) is 17.2 Å². The van der Waals surface area contributed by atoms with E-state index in [0.29, 0.717) is 17.2 Å². The van der Waals surface area contributed by atoms with Crippen molar-refractivity contribution in [2.45, 2.75) is 6.92 Å². The summed E-state index contributed by atoms with van der Waals surface area (Å²) in [6.45, 7) is 2.01. The van der Waals surface area contributed by atoms with Crippen LogP contribution in [0.15, 0.2) is 40.9 Å². The first-order valence-electron chi connectivity index (χ1n) is 5.48. The molecule has 0 heterocycles. The van der Waals surface area contributed by atoms with Crippen molar-refractivity contribution in [3.8, 4) is 17.2 Å². The Balaban J connectivity index is 2.31. The van der Waals surface area contributed by atoms with Crippen LogP contribution in [0.4, 0.5) is 5.69 Å². The summed E-state index contributed by atoms with van der Waals surface area (Å²) in [5.74, 6) is 1.95. The van der Waals surface area contributed by atoms with Crippen LogP contribution in [0.3, 0.4) is 0 Å². The highest BCUT2D eigenvalue weighted by atomic mass is 79.9. The van der Waals surface area contributed by atoms with E-state index in [1.54, 1.807) is 13.2 Å². The van der Waals surface area contributed by atoms with Crippen molar-refractivity contribution in [2.75, 3.05) is 12.8 Å². The number of hydrogen-bond donors (Lipinski definition) is 1. The fourth-order valence-electron chi connectivity index (χ4n) is 1.60. The number of ether oxygens (including phenoxy) is 2. The van der Waals surface area contributed by atoms with Gasteiger partial charge in [0.05, 0.1) is 7.11 Å². The van der Waals surface area contributed by atoms with Gasteiger partial charge in [0.2, 0.25) is 0 Å². The normalized spacial score (nSPS) is 10.2. The number of hydrogen-bond acceptors (Lipinski definition) is 3. The van der Waals surface area contributed by atoms with Crippen LogP contribution in [0, 0.1) is 6.92 Å². The Morgan fingerprint density at radius 3 is 2.50 bits per heavy atom. The molecule has 4 heteroatoms. The Bertz CT molecular complexity index is 570. The number of rotatable bonds is 3. The quantitative estimate of drug-likeness (QED) is 0.867. The number of anilines is 1. The molecule has 0 aromatic heterocycles. The molecule has 0 atom stereocenters. The third-order valence-electron chi connectivity index (χ3n) is 2.60. The van der Waals surface area contributed by atoms with Crippen LogP contribution in [0.25, 0.3) is 0 Å². The lowest BCUT2D eigenvalue weighted by Gasteiger charge is -2.12. The van der Waals surface area contributed by atoms with Gasteiger partial charge in [-0.15, -0.1) is 0 Å². The van der Waals surface area contributed by atoms with Gasteiger partial charge in [-0.1, -0.05) is 22.0 Å². The molecule has 0 unspecified atom stereocenters. The van der Waals surface area contributed by atoms with Gasteiger partial charge < -0.3 is 15.2 Å². The summed E-state index contributed by atoms with van der Waals surface area (Å²) < 4.78 is 12.0. The van der Waals surface area contributed by atoms with Gasteiger partial charge in [-0.05, 0) is 42.8 Å². The number of halogens is 1. The van der Waals surface area contributed by atoms with Gasteiger partial charge in [0, 0.05) is 4.47 Å². The van der Waals surface area contributed by atoms with Gasteiger partial charge in [-0.2, -0.15) is 0 Å². The third-order valence-corrected chi connectivity index (χ3v) is 3.49.